The Morgan fingerprint density at radius 3 is 2.67 bits per heavy atom. The van der Waals surface area contributed by atoms with E-state index in [9.17, 15) is 18.0 Å². The summed E-state index contributed by atoms with van der Waals surface area (Å²) in [5.74, 6) is 0.575. The topological polar surface area (TPSA) is 140 Å². The molecule has 0 bridgehead atoms. The van der Waals surface area contributed by atoms with Crippen LogP contribution in [0.5, 0.6) is 11.5 Å². The van der Waals surface area contributed by atoms with Crippen molar-refractivity contribution >= 4 is 27.6 Å². The van der Waals surface area contributed by atoms with Gasteiger partial charge in [-0.3, -0.25) is 18.8 Å². The van der Waals surface area contributed by atoms with Gasteiger partial charge in [-0.15, -0.1) is 0 Å². The van der Waals surface area contributed by atoms with Gasteiger partial charge in [-0.25, -0.2) is 0 Å². The third-order valence-electron chi connectivity index (χ3n) is 9.03. The maximum absolute atomic E-state index is 13.7. The Morgan fingerprint density at radius 1 is 1.08 bits per heavy atom. The molecule has 2 amide bonds. The van der Waals surface area contributed by atoms with Crippen molar-refractivity contribution in [3.63, 3.8) is 0 Å². The number of para-hydroxylation sites is 1. The summed E-state index contributed by atoms with van der Waals surface area (Å²) >= 11 is 0. The van der Waals surface area contributed by atoms with Gasteiger partial charge in [-0.2, -0.15) is 13.5 Å². The van der Waals surface area contributed by atoms with Crippen LogP contribution in [-0.4, -0.2) is 66.6 Å². The number of fused-ring (bicyclic) bond motifs is 1. The van der Waals surface area contributed by atoms with Gasteiger partial charge in [-0.05, 0) is 74.1 Å². The Balaban J connectivity index is 1.15. The predicted molar refractivity (Wildman–Crippen MR) is 182 cm³/mol. The second-order valence-electron chi connectivity index (χ2n) is 12.7. The van der Waals surface area contributed by atoms with E-state index in [0.29, 0.717) is 50.5 Å². The van der Waals surface area contributed by atoms with Crippen molar-refractivity contribution in [2.75, 3.05) is 37.0 Å². The number of nitrogens with zero attached hydrogens (tertiary/aromatic N) is 3. The fourth-order valence-corrected chi connectivity index (χ4v) is 6.27. The molecule has 3 aromatic carbocycles. The molecule has 2 aliphatic rings. The molecule has 1 saturated carbocycles. The lowest BCUT2D eigenvalue weighted by atomic mass is 10.1. The summed E-state index contributed by atoms with van der Waals surface area (Å²) in [5.41, 5.74) is 5.89. The zero-order valence-electron chi connectivity index (χ0n) is 27.1. The van der Waals surface area contributed by atoms with E-state index in [1.807, 2.05) is 54.4 Å². The first-order valence-electron chi connectivity index (χ1n) is 16.1. The highest BCUT2D eigenvalue weighted by Gasteiger charge is 2.48. The Morgan fingerprint density at radius 2 is 1.88 bits per heavy atom. The molecule has 48 heavy (non-hydrogen) atoms. The lowest BCUT2D eigenvalue weighted by Gasteiger charge is -2.25. The average Bonchev–Trinajstić information content (AvgIpc) is 3.72. The SMILES string of the molecule is Cc1cccc(OCCCC(=O)N2CC3(CC3)COc3c(-c4cnn(Cc5cccc(C(=O)NCCS(=O)(=O)O)c5)c4)cccc32)c1C. The summed E-state index contributed by atoms with van der Waals surface area (Å²) in [6.45, 7) is 5.92. The van der Waals surface area contributed by atoms with E-state index < -0.39 is 21.8 Å². The number of amides is 2. The van der Waals surface area contributed by atoms with Crippen LogP contribution < -0.4 is 19.7 Å². The third-order valence-corrected chi connectivity index (χ3v) is 9.75. The normalized spacial score (nSPS) is 14.9. The smallest absolute Gasteiger partial charge is 0.266 e. The molecule has 0 atom stereocenters. The van der Waals surface area contributed by atoms with Gasteiger partial charge < -0.3 is 19.7 Å². The fraction of sp³-hybridized carbons (Fsp3) is 0.361. The molecule has 1 aliphatic heterocycles. The molecule has 0 radical (unpaired) electrons. The molecule has 1 aromatic heterocycles. The first kappa shape index (κ1) is 33.2. The Hall–Kier alpha value is -4.68. The number of carbonyl (C=O) groups is 2. The molecule has 2 N–H and O–H groups in total. The van der Waals surface area contributed by atoms with Crippen molar-refractivity contribution in [1.82, 2.24) is 15.1 Å². The quantitative estimate of drug-likeness (QED) is 0.155. The van der Waals surface area contributed by atoms with Gasteiger partial charge in [0, 0.05) is 47.8 Å². The number of rotatable bonds is 12. The van der Waals surface area contributed by atoms with Crippen molar-refractivity contribution < 1.29 is 32.0 Å². The maximum atomic E-state index is 13.7. The number of ether oxygens (including phenoxy) is 2. The highest BCUT2D eigenvalue weighted by atomic mass is 32.2. The summed E-state index contributed by atoms with van der Waals surface area (Å²) in [6, 6.07) is 18.8. The number of aryl methyl sites for hydroxylation is 1. The van der Waals surface area contributed by atoms with Crippen LogP contribution in [0.25, 0.3) is 11.1 Å². The van der Waals surface area contributed by atoms with E-state index >= 15 is 0 Å². The van der Waals surface area contributed by atoms with Crippen LogP contribution >= 0.6 is 0 Å². The summed E-state index contributed by atoms with van der Waals surface area (Å²) in [6.07, 6.45) is 6.68. The molecule has 1 fully saturated rings. The number of benzene rings is 3. The van der Waals surface area contributed by atoms with Gasteiger partial charge in [0.2, 0.25) is 5.91 Å². The van der Waals surface area contributed by atoms with Crippen LogP contribution in [0, 0.1) is 19.3 Å². The Kier molecular flexibility index (Phi) is 9.56. The molecular weight excluding hydrogens is 632 g/mol. The second-order valence-corrected chi connectivity index (χ2v) is 14.3. The molecule has 1 spiro atoms. The van der Waals surface area contributed by atoms with Gasteiger partial charge in [0.25, 0.3) is 16.0 Å². The number of hydrogen-bond acceptors (Lipinski definition) is 7. The van der Waals surface area contributed by atoms with E-state index in [-0.39, 0.29) is 17.9 Å². The Bertz CT molecular complexity index is 1930. The Labute approximate surface area is 280 Å². The number of carbonyl (C=O) groups excluding carboxylic acids is 2. The standard InChI is InChI=1S/C36H40N4O7S/c1-25-7-3-12-32(26(25)2)46-17-6-13-33(41)40-23-36(14-15-36)24-47-34-30(10-5-11-31(34)40)29-20-38-39(22-29)21-27-8-4-9-28(19-27)35(42)37-16-18-48(43,44)45/h3-5,7-12,19-20,22H,6,13-18,21,23-24H2,1-2H3,(H,37,42)(H,43,44,45). The van der Waals surface area contributed by atoms with E-state index in [4.69, 9.17) is 14.0 Å². The molecule has 11 nitrogen and oxygen atoms in total. The number of nitrogens with one attached hydrogen (secondary N) is 1. The van der Waals surface area contributed by atoms with Crippen LogP contribution in [0.1, 0.15) is 52.7 Å². The summed E-state index contributed by atoms with van der Waals surface area (Å²) in [5, 5.41) is 7.07. The highest BCUT2D eigenvalue weighted by Crippen LogP contribution is 2.52. The van der Waals surface area contributed by atoms with Crippen molar-refractivity contribution in [3.8, 4) is 22.6 Å². The largest absolute Gasteiger partial charge is 0.493 e. The van der Waals surface area contributed by atoms with Gasteiger partial charge in [0.15, 0.2) is 5.75 Å². The monoisotopic (exact) mass is 672 g/mol. The van der Waals surface area contributed by atoms with Crippen molar-refractivity contribution in [2.24, 2.45) is 5.41 Å². The van der Waals surface area contributed by atoms with Crippen LogP contribution in [0.2, 0.25) is 0 Å². The van der Waals surface area contributed by atoms with Crippen LogP contribution in [0.3, 0.4) is 0 Å². The minimum Gasteiger partial charge on any atom is -0.493 e. The van der Waals surface area contributed by atoms with Crippen molar-refractivity contribution in [1.29, 1.82) is 0 Å². The van der Waals surface area contributed by atoms with Gasteiger partial charge in [-0.1, -0.05) is 36.4 Å². The molecule has 12 heteroatoms. The summed E-state index contributed by atoms with van der Waals surface area (Å²) in [7, 11) is -4.17. The van der Waals surface area contributed by atoms with E-state index in [1.54, 1.807) is 29.1 Å². The van der Waals surface area contributed by atoms with E-state index in [1.165, 1.54) is 5.56 Å². The lowest BCUT2D eigenvalue weighted by molar-refractivity contribution is -0.119. The molecule has 0 saturated heterocycles. The van der Waals surface area contributed by atoms with Gasteiger partial charge in [0.1, 0.15) is 5.75 Å². The molecule has 2 heterocycles. The average molecular weight is 673 g/mol. The molecular formula is C36H40N4O7S. The number of hydrogen-bond donors (Lipinski definition) is 2. The van der Waals surface area contributed by atoms with Crippen molar-refractivity contribution in [2.45, 2.75) is 46.1 Å². The second kappa shape index (κ2) is 13.8. The first-order valence-corrected chi connectivity index (χ1v) is 17.7. The van der Waals surface area contributed by atoms with Gasteiger partial charge in [0.05, 0.1) is 37.4 Å². The minimum absolute atomic E-state index is 0.0328. The number of aromatic nitrogens is 2. The maximum Gasteiger partial charge on any atom is 0.266 e. The predicted octanol–water partition coefficient (Wildman–Crippen LogP) is 5.20. The fourth-order valence-electron chi connectivity index (χ4n) is 5.91. The van der Waals surface area contributed by atoms with E-state index in [2.05, 4.69) is 23.4 Å². The molecule has 252 valence electrons. The number of anilines is 1. The first-order chi connectivity index (χ1) is 23.0. The van der Waals surface area contributed by atoms with E-state index in [0.717, 1.165) is 46.5 Å². The molecule has 1 aliphatic carbocycles. The highest BCUT2D eigenvalue weighted by molar-refractivity contribution is 7.85. The third kappa shape index (κ3) is 7.88. The van der Waals surface area contributed by atoms with Crippen molar-refractivity contribution in [3.05, 3.63) is 95.3 Å². The molecule has 0 unspecified atom stereocenters. The van der Waals surface area contributed by atoms with Crippen LogP contribution in [0.15, 0.2) is 73.1 Å². The van der Waals surface area contributed by atoms with Gasteiger partial charge >= 0.3 is 0 Å². The van der Waals surface area contributed by atoms with Crippen LogP contribution in [0.4, 0.5) is 5.69 Å². The molecule has 4 aromatic rings. The zero-order valence-corrected chi connectivity index (χ0v) is 28.0. The minimum atomic E-state index is -4.17. The summed E-state index contributed by atoms with van der Waals surface area (Å²) in [4.78, 5) is 28.1. The van der Waals surface area contributed by atoms with Crippen LogP contribution in [-0.2, 0) is 21.5 Å². The summed E-state index contributed by atoms with van der Waals surface area (Å²) < 4.78 is 45.1. The zero-order chi connectivity index (χ0) is 33.9. The lowest BCUT2D eigenvalue weighted by Crippen LogP contribution is -2.36. The molecule has 6 rings (SSSR count).